The van der Waals surface area contributed by atoms with Crippen LogP contribution in [0.15, 0.2) is 60.7 Å². The fraction of sp³-hybridized carbons (Fsp3) is 0.429. The number of carbonyl (C=O) groups is 2. The number of hydrogen-bond acceptors (Lipinski definition) is 7. The monoisotopic (exact) mass is 669 g/mol. The normalized spacial score (nSPS) is 19.5. The quantitative estimate of drug-likeness (QED) is 0.259. The predicted octanol–water partition coefficient (Wildman–Crippen LogP) is 6.07. The van der Waals surface area contributed by atoms with Crippen molar-refractivity contribution in [3.8, 4) is 17.2 Å². The van der Waals surface area contributed by atoms with Crippen LogP contribution < -0.4 is 14.2 Å². The smallest absolute Gasteiger partial charge is 0.256 e. The molecule has 2 aliphatic rings. The van der Waals surface area contributed by atoms with E-state index in [1.807, 2.05) is 38.4 Å². The van der Waals surface area contributed by atoms with Gasteiger partial charge in [-0.05, 0) is 62.2 Å². The molecule has 2 saturated heterocycles. The number of hydrogen-bond donors (Lipinski definition) is 0. The standard InChI is InChI=1S/C35H41Cl2N3O6/c1-38(2)34(42)35(25-9-7-6-8-10-25)14-17-39(18-15-35)16-13-26-22-40(33(46-26)23-11-12-27(36)28(37)19-23)32(41)24-20-29(43-3)31(45-5)30(21-24)44-4/h6-12,19-21,26,33H,13-18,22H2,1-5H3/t26-,33?/m1/s1. The molecular formula is C35H41Cl2N3O6. The van der Waals surface area contributed by atoms with Crippen molar-refractivity contribution in [2.24, 2.45) is 0 Å². The SMILES string of the molecule is COc1cc(C(=O)N2C[C@@H](CCN3CCC(C(=O)N(C)C)(c4ccccc4)CC3)OC2c2ccc(Cl)c(Cl)c2)cc(OC)c1OC. The molecule has 2 atom stereocenters. The largest absolute Gasteiger partial charge is 0.493 e. The number of ether oxygens (including phenoxy) is 4. The Morgan fingerprint density at radius 1 is 0.913 bits per heavy atom. The van der Waals surface area contributed by atoms with Gasteiger partial charge in [-0.3, -0.25) is 9.59 Å². The minimum Gasteiger partial charge on any atom is -0.493 e. The number of likely N-dealkylation sites (N-methyl/N-ethyl adjacent to an activating group) is 1. The second kappa shape index (κ2) is 14.5. The van der Waals surface area contributed by atoms with Gasteiger partial charge in [0.1, 0.15) is 0 Å². The molecule has 0 aliphatic carbocycles. The second-order valence-electron chi connectivity index (χ2n) is 11.9. The molecule has 0 spiro atoms. The Bertz CT molecular complexity index is 1520. The first kappa shape index (κ1) is 33.9. The number of methoxy groups -OCH3 is 3. The number of carbonyl (C=O) groups excluding carboxylic acids is 2. The summed E-state index contributed by atoms with van der Waals surface area (Å²) in [4.78, 5) is 33.3. The highest BCUT2D eigenvalue weighted by atomic mass is 35.5. The zero-order valence-corrected chi connectivity index (χ0v) is 28.4. The fourth-order valence-corrected chi connectivity index (χ4v) is 6.86. The third kappa shape index (κ3) is 6.79. The van der Waals surface area contributed by atoms with Gasteiger partial charge in [0.15, 0.2) is 17.7 Å². The van der Waals surface area contributed by atoms with Crippen molar-refractivity contribution in [3.63, 3.8) is 0 Å². The lowest BCUT2D eigenvalue weighted by Crippen LogP contribution is -2.51. The van der Waals surface area contributed by atoms with E-state index in [2.05, 4.69) is 17.0 Å². The molecular weight excluding hydrogens is 629 g/mol. The molecule has 46 heavy (non-hydrogen) atoms. The van der Waals surface area contributed by atoms with Crippen LogP contribution in [0.4, 0.5) is 0 Å². The topological polar surface area (TPSA) is 80.8 Å². The Kier molecular flexibility index (Phi) is 10.7. The minimum absolute atomic E-state index is 0.142. The average Bonchev–Trinajstić information content (AvgIpc) is 3.52. The maximum Gasteiger partial charge on any atom is 0.256 e. The van der Waals surface area contributed by atoms with Gasteiger partial charge in [-0.25, -0.2) is 0 Å². The van der Waals surface area contributed by atoms with E-state index in [4.69, 9.17) is 42.1 Å². The van der Waals surface area contributed by atoms with E-state index in [-0.39, 0.29) is 17.9 Å². The summed E-state index contributed by atoms with van der Waals surface area (Å²) >= 11 is 12.6. The summed E-state index contributed by atoms with van der Waals surface area (Å²) in [5.74, 6) is 1.08. The van der Waals surface area contributed by atoms with E-state index >= 15 is 0 Å². The summed E-state index contributed by atoms with van der Waals surface area (Å²) in [5.41, 5.74) is 1.64. The maximum atomic E-state index is 14.1. The van der Waals surface area contributed by atoms with Gasteiger partial charge in [0.2, 0.25) is 11.7 Å². The van der Waals surface area contributed by atoms with Crippen molar-refractivity contribution in [2.45, 2.75) is 37.0 Å². The molecule has 2 fully saturated rings. The van der Waals surface area contributed by atoms with Gasteiger partial charge >= 0.3 is 0 Å². The van der Waals surface area contributed by atoms with E-state index in [0.717, 1.165) is 43.6 Å². The molecule has 3 aromatic rings. The van der Waals surface area contributed by atoms with E-state index in [0.29, 0.717) is 45.8 Å². The molecule has 0 N–H and O–H groups in total. The lowest BCUT2D eigenvalue weighted by atomic mass is 9.71. The Balaban J connectivity index is 1.33. The van der Waals surface area contributed by atoms with Crippen molar-refractivity contribution in [1.29, 1.82) is 0 Å². The van der Waals surface area contributed by atoms with Gasteiger partial charge in [-0.2, -0.15) is 0 Å². The van der Waals surface area contributed by atoms with Gasteiger partial charge in [-0.1, -0.05) is 59.6 Å². The van der Waals surface area contributed by atoms with E-state index < -0.39 is 11.6 Å². The number of benzene rings is 3. The number of piperidine rings is 1. The molecule has 3 aromatic carbocycles. The van der Waals surface area contributed by atoms with Crippen LogP contribution >= 0.6 is 23.2 Å². The average molecular weight is 671 g/mol. The molecule has 246 valence electrons. The van der Waals surface area contributed by atoms with Crippen LogP contribution in [-0.4, -0.2) is 94.2 Å². The van der Waals surface area contributed by atoms with E-state index in [9.17, 15) is 9.59 Å². The van der Waals surface area contributed by atoms with Crippen LogP contribution in [0.5, 0.6) is 17.2 Å². The highest BCUT2D eigenvalue weighted by molar-refractivity contribution is 6.42. The number of amides is 2. The number of rotatable bonds is 10. The molecule has 0 radical (unpaired) electrons. The highest BCUT2D eigenvalue weighted by Crippen LogP contribution is 2.41. The Morgan fingerprint density at radius 3 is 2.13 bits per heavy atom. The van der Waals surface area contributed by atoms with Crippen molar-refractivity contribution >= 4 is 35.0 Å². The molecule has 9 nitrogen and oxygen atoms in total. The van der Waals surface area contributed by atoms with Gasteiger partial charge < -0.3 is 33.6 Å². The van der Waals surface area contributed by atoms with Crippen LogP contribution in [0.2, 0.25) is 10.0 Å². The van der Waals surface area contributed by atoms with Crippen LogP contribution in [0.1, 0.15) is 47.0 Å². The lowest BCUT2D eigenvalue weighted by Gasteiger charge is -2.42. The maximum absolute atomic E-state index is 14.1. The summed E-state index contributed by atoms with van der Waals surface area (Å²) in [6, 6.07) is 18.7. The summed E-state index contributed by atoms with van der Waals surface area (Å²) in [5, 5.41) is 0.806. The molecule has 2 heterocycles. The van der Waals surface area contributed by atoms with Gasteiger partial charge in [0.05, 0.1) is 49.4 Å². The van der Waals surface area contributed by atoms with Crippen molar-refractivity contribution in [1.82, 2.24) is 14.7 Å². The van der Waals surface area contributed by atoms with Crippen molar-refractivity contribution in [3.05, 3.63) is 87.4 Å². The van der Waals surface area contributed by atoms with Crippen LogP contribution in [-0.2, 0) is 14.9 Å². The molecule has 2 aliphatic heterocycles. The van der Waals surface area contributed by atoms with Crippen LogP contribution in [0, 0.1) is 0 Å². The third-order valence-electron chi connectivity index (χ3n) is 9.02. The minimum atomic E-state index is -0.670. The summed E-state index contributed by atoms with van der Waals surface area (Å²) in [7, 11) is 8.20. The molecule has 11 heteroatoms. The Labute approximate surface area is 280 Å². The second-order valence-corrected chi connectivity index (χ2v) is 12.7. The van der Waals surface area contributed by atoms with Gasteiger partial charge in [-0.15, -0.1) is 0 Å². The van der Waals surface area contributed by atoms with E-state index in [1.165, 1.54) is 21.3 Å². The van der Waals surface area contributed by atoms with Crippen LogP contribution in [0.3, 0.4) is 0 Å². The highest BCUT2D eigenvalue weighted by Gasteiger charge is 2.44. The number of likely N-dealkylation sites (tertiary alicyclic amines) is 1. The van der Waals surface area contributed by atoms with E-state index in [1.54, 1.807) is 34.1 Å². The zero-order chi connectivity index (χ0) is 33.0. The Hall–Kier alpha value is -3.50. The molecule has 1 unspecified atom stereocenters. The number of halogens is 2. The first-order chi connectivity index (χ1) is 22.1. The van der Waals surface area contributed by atoms with Gasteiger partial charge in [0.25, 0.3) is 5.91 Å². The lowest BCUT2D eigenvalue weighted by molar-refractivity contribution is -0.137. The molecule has 5 rings (SSSR count). The van der Waals surface area contributed by atoms with Crippen LogP contribution in [0.25, 0.3) is 0 Å². The Morgan fingerprint density at radius 2 is 1.57 bits per heavy atom. The molecule has 0 saturated carbocycles. The molecule has 2 amide bonds. The number of nitrogens with zero attached hydrogens (tertiary/aromatic N) is 3. The van der Waals surface area contributed by atoms with Crippen molar-refractivity contribution in [2.75, 3.05) is 61.6 Å². The fourth-order valence-electron chi connectivity index (χ4n) is 6.55. The molecule has 0 bridgehead atoms. The van der Waals surface area contributed by atoms with Crippen molar-refractivity contribution < 1.29 is 28.5 Å². The zero-order valence-electron chi connectivity index (χ0n) is 26.9. The summed E-state index contributed by atoms with van der Waals surface area (Å²) in [6.07, 6.45) is 1.27. The third-order valence-corrected chi connectivity index (χ3v) is 9.76. The van der Waals surface area contributed by atoms with Gasteiger partial charge in [0, 0.05) is 31.8 Å². The first-order valence-corrected chi connectivity index (χ1v) is 16.1. The first-order valence-electron chi connectivity index (χ1n) is 15.3. The summed E-state index contributed by atoms with van der Waals surface area (Å²) < 4.78 is 23.0. The summed E-state index contributed by atoms with van der Waals surface area (Å²) in [6.45, 7) is 2.71. The predicted molar refractivity (Wildman–Crippen MR) is 178 cm³/mol. The molecule has 0 aromatic heterocycles.